The van der Waals surface area contributed by atoms with Gasteiger partial charge in [-0.3, -0.25) is 0 Å². The summed E-state index contributed by atoms with van der Waals surface area (Å²) in [6, 6.07) is 10.5. The summed E-state index contributed by atoms with van der Waals surface area (Å²) in [5.41, 5.74) is 0. The van der Waals surface area contributed by atoms with Crippen molar-refractivity contribution in [3.05, 3.63) is 54.6 Å². The number of benzene rings is 1. The van der Waals surface area contributed by atoms with E-state index in [9.17, 15) is 4.79 Å². The molecule has 0 heterocycles. The Morgan fingerprint density at radius 2 is 1.52 bits per heavy atom. The first kappa shape index (κ1) is 23.9. The fourth-order valence-electron chi connectivity index (χ4n) is 2.97. The van der Waals surface area contributed by atoms with E-state index in [1.165, 1.54) is 62.2 Å². The van der Waals surface area contributed by atoms with Gasteiger partial charge in [-0.1, -0.05) is 19.8 Å². The minimum absolute atomic E-state index is 0.254. The monoisotopic (exact) mass is 434 g/mol. The molecule has 27 heavy (non-hydrogen) atoms. The first-order chi connectivity index (χ1) is 13.2. The van der Waals surface area contributed by atoms with Crippen LogP contribution in [-0.2, 0) is 4.79 Å². The van der Waals surface area contributed by atoms with E-state index >= 15 is 0 Å². The molecule has 1 atom stereocenters. The summed E-state index contributed by atoms with van der Waals surface area (Å²) >= 11 is 0.278. The van der Waals surface area contributed by atoms with Gasteiger partial charge in [-0.2, -0.15) is 0 Å². The maximum absolute atomic E-state index is 11.9. The molecule has 0 saturated heterocycles. The van der Waals surface area contributed by atoms with Crippen LogP contribution >= 0.6 is 0 Å². The van der Waals surface area contributed by atoms with Gasteiger partial charge < -0.3 is 0 Å². The number of ketones is 1. The molecule has 0 aliphatic rings. The number of hydrogen-bond donors (Lipinski definition) is 0. The average Bonchev–Trinajstić information content (AvgIpc) is 2.68. The molecule has 1 aromatic rings. The van der Waals surface area contributed by atoms with Crippen LogP contribution < -0.4 is 4.46 Å². The standard InChI is InChI=1S/C25H38OSe/c1-3-4-5-6-7-8-9-10-11-12-13-14-15-19-22-25(23(2)26)27-24-20-17-16-18-21-24/h7-8,10-11,16-18,20-21,25H,3-6,9,12-15,19,22H2,1-2H3/b8-7-,11-10-. The Hall–Kier alpha value is -1.11. The van der Waals surface area contributed by atoms with E-state index in [1.54, 1.807) is 6.92 Å². The third-order valence-electron chi connectivity index (χ3n) is 4.64. The predicted octanol–water partition coefficient (Wildman–Crippen LogP) is 6.82. The van der Waals surface area contributed by atoms with Crippen molar-refractivity contribution >= 4 is 25.2 Å². The Kier molecular flexibility index (Phi) is 15.1. The van der Waals surface area contributed by atoms with Crippen molar-refractivity contribution in [1.82, 2.24) is 0 Å². The summed E-state index contributed by atoms with van der Waals surface area (Å²) in [6.45, 7) is 4.01. The molecule has 0 radical (unpaired) electrons. The van der Waals surface area contributed by atoms with Crippen LogP contribution in [0, 0.1) is 0 Å². The van der Waals surface area contributed by atoms with Crippen molar-refractivity contribution in [2.45, 2.75) is 89.3 Å². The Bertz CT molecular complexity index is 533. The van der Waals surface area contributed by atoms with Gasteiger partial charge in [-0.05, 0) is 12.8 Å². The molecular formula is C25H38OSe. The third kappa shape index (κ3) is 13.7. The number of unbranched alkanes of at least 4 members (excludes halogenated alkanes) is 7. The maximum atomic E-state index is 11.9. The zero-order chi connectivity index (χ0) is 19.6. The Balaban J connectivity index is 2.03. The second-order valence-electron chi connectivity index (χ2n) is 7.20. The van der Waals surface area contributed by atoms with Gasteiger partial charge in [0.1, 0.15) is 0 Å². The predicted molar refractivity (Wildman–Crippen MR) is 121 cm³/mol. The van der Waals surface area contributed by atoms with Crippen LogP contribution in [0.15, 0.2) is 54.6 Å². The fourth-order valence-corrected chi connectivity index (χ4v) is 5.27. The zero-order valence-corrected chi connectivity index (χ0v) is 19.1. The van der Waals surface area contributed by atoms with E-state index in [0.717, 1.165) is 12.8 Å². The van der Waals surface area contributed by atoms with E-state index < -0.39 is 0 Å². The van der Waals surface area contributed by atoms with Crippen LogP contribution in [-0.4, -0.2) is 20.7 Å². The normalized spacial score (nSPS) is 12.8. The molecule has 0 spiro atoms. The Morgan fingerprint density at radius 1 is 0.889 bits per heavy atom. The quantitative estimate of drug-likeness (QED) is 0.159. The van der Waals surface area contributed by atoms with Crippen molar-refractivity contribution in [1.29, 1.82) is 0 Å². The first-order valence-corrected chi connectivity index (χ1v) is 12.6. The van der Waals surface area contributed by atoms with Crippen molar-refractivity contribution in [2.24, 2.45) is 0 Å². The molecule has 0 fully saturated rings. The molecule has 1 rings (SSSR count). The summed E-state index contributed by atoms with van der Waals surface area (Å²) in [6.07, 6.45) is 22.8. The van der Waals surface area contributed by atoms with Crippen LogP contribution in [0.3, 0.4) is 0 Å². The average molecular weight is 434 g/mol. The van der Waals surface area contributed by atoms with Crippen LogP contribution in [0.25, 0.3) is 0 Å². The molecule has 2 heteroatoms. The molecule has 0 bridgehead atoms. The first-order valence-electron chi connectivity index (χ1n) is 10.8. The van der Waals surface area contributed by atoms with Crippen LogP contribution in [0.1, 0.15) is 84.5 Å². The molecule has 1 unspecified atom stereocenters. The van der Waals surface area contributed by atoms with E-state index in [0.29, 0.717) is 5.78 Å². The van der Waals surface area contributed by atoms with Gasteiger partial charge in [-0.15, -0.1) is 0 Å². The summed E-state index contributed by atoms with van der Waals surface area (Å²) in [4.78, 5) is 12.2. The van der Waals surface area contributed by atoms with Gasteiger partial charge in [0.05, 0.1) is 0 Å². The van der Waals surface area contributed by atoms with Gasteiger partial charge >= 0.3 is 141 Å². The van der Waals surface area contributed by atoms with Crippen molar-refractivity contribution < 1.29 is 4.79 Å². The second-order valence-corrected chi connectivity index (χ2v) is 9.87. The molecular weight excluding hydrogens is 395 g/mol. The molecule has 0 aliphatic carbocycles. The summed E-state index contributed by atoms with van der Waals surface area (Å²) in [5.74, 6) is 0.365. The minimum atomic E-state index is 0.254. The molecule has 0 amide bonds. The number of carbonyl (C=O) groups excluding carboxylic acids is 1. The van der Waals surface area contributed by atoms with Crippen molar-refractivity contribution in [3.63, 3.8) is 0 Å². The van der Waals surface area contributed by atoms with Gasteiger partial charge in [-0.25, -0.2) is 0 Å². The second kappa shape index (κ2) is 17.0. The molecule has 1 nitrogen and oxygen atoms in total. The third-order valence-corrected chi connectivity index (χ3v) is 7.57. The molecule has 150 valence electrons. The van der Waals surface area contributed by atoms with Gasteiger partial charge in [0, 0.05) is 0 Å². The van der Waals surface area contributed by atoms with Gasteiger partial charge in [0.25, 0.3) is 0 Å². The molecule has 0 saturated carbocycles. The Labute approximate surface area is 173 Å². The van der Waals surface area contributed by atoms with Crippen LogP contribution in [0.5, 0.6) is 0 Å². The molecule has 0 aromatic heterocycles. The summed E-state index contributed by atoms with van der Waals surface area (Å²) in [7, 11) is 0. The topological polar surface area (TPSA) is 17.1 Å². The van der Waals surface area contributed by atoms with Crippen molar-refractivity contribution in [2.75, 3.05) is 0 Å². The van der Waals surface area contributed by atoms with E-state index in [-0.39, 0.29) is 19.8 Å². The number of Topliss-reactive ketones (excluding diaryl/α,β-unsaturated/α-hetero) is 1. The SMILES string of the molecule is CCCCC/C=C\C/C=C\CCCCCCC([Se]c1ccccc1)C(C)=O. The number of hydrogen-bond acceptors (Lipinski definition) is 1. The molecule has 0 N–H and O–H groups in total. The van der Waals surface area contributed by atoms with Gasteiger partial charge in [0.2, 0.25) is 0 Å². The summed E-state index contributed by atoms with van der Waals surface area (Å²) < 4.78 is 1.34. The summed E-state index contributed by atoms with van der Waals surface area (Å²) in [5, 5.41) is 0. The van der Waals surface area contributed by atoms with E-state index in [2.05, 4.69) is 55.5 Å². The van der Waals surface area contributed by atoms with E-state index in [4.69, 9.17) is 0 Å². The Morgan fingerprint density at radius 3 is 2.15 bits per heavy atom. The number of carbonyl (C=O) groups is 1. The molecule has 0 aliphatic heterocycles. The van der Waals surface area contributed by atoms with Crippen LogP contribution in [0.4, 0.5) is 0 Å². The van der Waals surface area contributed by atoms with Gasteiger partial charge in [0.15, 0.2) is 0 Å². The van der Waals surface area contributed by atoms with E-state index in [1.807, 2.05) is 6.07 Å². The fraction of sp³-hybridized carbons (Fsp3) is 0.560. The van der Waals surface area contributed by atoms with Crippen molar-refractivity contribution in [3.8, 4) is 0 Å². The van der Waals surface area contributed by atoms with Crippen LogP contribution in [0.2, 0.25) is 4.82 Å². The number of allylic oxidation sites excluding steroid dienone is 4. The number of rotatable bonds is 16. The zero-order valence-electron chi connectivity index (χ0n) is 17.4. The molecule has 1 aromatic carbocycles.